The second-order valence-electron chi connectivity index (χ2n) is 18.0. The average Bonchev–Trinajstić information content (AvgIpc) is 3.37. The van der Waals surface area contributed by atoms with E-state index in [2.05, 4.69) is 0 Å². The smallest absolute Gasteiger partial charge is 0.303 e. The van der Waals surface area contributed by atoms with Crippen LogP contribution in [0.2, 0.25) is 0 Å². The molecule has 3 aliphatic rings. The quantitative estimate of drug-likeness (QED) is 0.0626. The van der Waals surface area contributed by atoms with Crippen LogP contribution in [0.3, 0.4) is 0 Å². The number of methoxy groups -OCH3 is 1. The zero-order valence-corrected chi connectivity index (χ0v) is 42.1. The number of hydrogen-bond acceptors (Lipinski definition) is 18. The molecule has 15 atom stereocenters. The molecule has 4 aromatic carbocycles. The minimum atomic E-state index is -1.68. The van der Waals surface area contributed by atoms with Crippen molar-refractivity contribution in [3.8, 4) is 0 Å². The van der Waals surface area contributed by atoms with Crippen LogP contribution in [-0.2, 0) is 112 Å². The Morgan fingerprint density at radius 3 is 1.12 bits per heavy atom. The van der Waals surface area contributed by atoms with E-state index in [9.17, 15) is 19.2 Å². The molecule has 0 aliphatic carbocycles. The van der Waals surface area contributed by atoms with Crippen molar-refractivity contribution in [3.63, 3.8) is 0 Å². The lowest BCUT2D eigenvalue weighted by atomic mass is 9.95. The van der Waals surface area contributed by atoms with E-state index in [4.69, 9.17) is 66.3 Å². The second-order valence-corrected chi connectivity index (χ2v) is 18.0. The lowest BCUT2D eigenvalue weighted by Gasteiger charge is -2.51. The van der Waals surface area contributed by atoms with Gasteiger partial charge in [-0.3, -0.25) is 19.2 Å². The summed E-state index contributed by atoms with van der Waals surface area (Å²) in [4.78, 5) is 50.8. The van der Waals surface area contributed by atoms with Gasteiger partial charge in [0, 0.05) is 34.8 Å². The molecule has 3 fully saturated rings. The maximum atomic E-state index is 13.0. The third-order valence-electron chi connectivity index (χ3n) is 12.4. The monoisotopic (exact) mass is 1010 g/mol. The standard InChI is InChI=1S/C55H66O18/c1-33-44(62-28-39-20-12-8-13-21-39)47(64-30-41-24-16-10-17-25-41)50(53(60-7)66-33)72-54-51(48(65-31-42-26-18-11-19-27-42)45(34(2)67-54)63-29-40-22-14-9-15-23-40)73-55-52(70-38(6)59)49(69-37(5)58)46(68-36(4)57)43(71-55)32-61-35(3)56/h8-27,33-34,43-55H,28-32H2,1-7H3. The Kier molecular flexibility index (Phi) is 20.4. The van der Waals surface area contributed by atoms with Gasteiger partial charge in [-0.25, -0.2) is 0 Å². The molecular formula is C55H66O18. The van der Waals surface area contributed by atoms with Crippen LogP contribution in [0, 0.1) is 0 Å². The Balaban J connectivity index is 1.33. The highest BCUT2D eigenvalue weighted by Gasteiger charge is 2.58. The van der Waals surface area contributed by atoms with Crippen LogP contribution < -0.4 is 0 Å². The number of ether oxygens (including phenoxy) is 14. The zero-order valence-electron chi connectivity index (χ0n) is 42.1. The number of benzene rings is 4. The maximum absolute atomic E-state index is 13.0. The first-order chi connectivity index (χ1) is 35.3. The van der Waals surface area contributed by atoms with Crippen LogP contribution in [0.4, 0.5) is 0 Å². The number of hydrogen-bond donors (Lipinski definition) is 0. The highest BCUT2D eigenvalue weighted by Crippen LogP contribution is 2.39. The molecule has 0 radical (unpaired) electrons. The Labute approximate surface area is 425 Å². The summed E-state index contributed by atoms with van der Waals surface area (Å²) in [6, 6.07) is 38.3. The van der Waals surface area contributed by atoms with Crippen molar-refractivity contribution in [1.82, 2.24) is 0 Å². The Morgan fingerprint density at radius 2 is 0.740 bits per heavy atom. The van der Waals surface area contributed by atoms with E-state index in [0.29, 0.717) is 0 Å². The zero-order chi connectivity index (χ0) is 51.9. The van der Waals surface area contributed by atoms with Crippen molar-refractivity contribution in [2.24, 2.45) is 0 Å². The molecule has 4 aromatic rings. The highest BCUT2D eigenvalue weighted by atomic mass is 16.8. The van der Waals surface area contributed by atoms with Crippen molar-refractivity contribution in [1.29, 1.82) is 0 Å². The van der Waals surface area contributed by atoms with Crippen LogP contribution in [0.5, 0.6) is 0 Å². The van der Waals surface area contributed by atoms with Crippen molar-refractivity contribution in [3.05, 3.63) is 144 Å². The van der Waals surface area contributed by atoms with Gasteiger partial charge in [0.25, 0.3) is 0 Å². The highest BCUT2D eigenvalue weighted by molar-refractivity contribution is 5.68. The van der Waals surface area contributed by atoms with Gasteiger partial charge in [-0.05, 0) is 36.1 Å². The predicted molar refractivity (Wildman–Crippen MR) is 257 cm³/mol. The molecule has 0 spiro atoms. The van der Waals surface area contributed by atoms with Gasteiger partial charge in [-0.1, -0.05) is 121 Å². The van der Waals surface area contributed by atoms with Crippen LogP contribution in [0.1, 0.15) is 63.8 Å². The predicted octanol–water partition coefficient (Wildman–Crippen LogP) is 6.32. The molecule has 18 nitrogen and oxygen atoms in total. The maximum Gasteiger partial charge on any atom is 0.303 e. The Hall–Kier alpha value is -5.64. The van der Waals surface area contributed by atoms with Crippen LogP contribution >= 0.6 is 0 Å². The first kappa shape index (κ1) is 55.1. The number of rotatable bonds is 22. The fourth-order valence-electron chi connectivity index (χ4n) is 9.05. The van der Waals surface area contributed by atoms with E-state index in [-0.39, 0.29) is 26.4 Å². The molecule has 0 saturated carbocycles. The number of carbonyl (C=O) groups excluding carboxylic acids is 4. The van der Waals surface area contributed by atoms with E-state index >= 15 is 0 Å². The topological polar surface area (TPSA) is 198 Å². The molecule has 3 saturated heterocycles. The summed E-state index contributed by atoms with van der Waals surface area (Å²) in [6.07, 6.45) is -17.5. The summed E-state index contributed by atoms with van der Waals surface area (Å²) in [5, 5.41) is 0. The molecule has 0 amide bonds. The largest absolute Gasteiger partial charge is 0.463 e. The molecule has 0 aromatic heterocycles. The molecule has 18 heteroatoms. The van der Waals surface area contributed by atoms with Crippen LogP contribution in [-0.4, -0.2) is 130 Å². The van der Waals surface area contributed by atoms with Gasteiger partial charge in [-0.2, -0.15) is 0 Å². The van der Waals surface area contributed by atoms with Crippen LogP contribution in [0.25, 0.3) is 0 Å². The van der Waals surface area contributed by atoms with E-state index in [0.717, 1.165) is 43.0 Å². The number of carbonyl (C=O) groups is 4. The van der Waals surface area contributed by atoms with Crippen molar-refractivity contribution in [2.75, 3.05) is 13.7 Å². The summed E-state index contributed by atoms with van der Waals surface area (Å²) in [5.74, 6) is -3.11. The van der Waals surface area contributed by atoms with Gasteiger partial charge >= 0.3 is 23.9 Å². The fraction of sp³-hybridized carbons (Fsp3) is 0.491. The molecule has 0 bridgehead atoms. The van der Waals surface area contributed by atoms with E-state index in [1.807, 2.05) is 135 Å². The van der Waals surface area contributed by atoms with Crippen LogP contribution in [0.15, 0.2) is 121 Å². The number of esters is 4. The minimum absolute atomic E-state index is 0.0531. The van der Waals surface area contributed by atoms with Crippen molar-refractivity contribution < 1.29 is 85.5 Å². The van der Waals surface area contributed by atoms with E-state index < -0.39 is 123 Å². The lowest BCUT2D eigenvalue weighted by Crippen LogP contribution is -2.67. The summed E-state index contributed by atoms with van der Waals surface area (Å²) in [7, 11) is 1.49. The first-order valence-corrected chi connectivity index (χ1v) is 24.3. The van der Waals surface area contributed by atoms with E-state index in [1.165, 1.54) is 14.0 Å². The van der Waals surface area contributed by atoms with Gasteiger partial charge in [-0.15, -0.1) is 0 Å². The van der Waals surface area contributed by atoms with Crippen molar-refractivity contribution >= 4 is 23.9 Å². The SMILES string of the molecule is COC1OC(C)C(OCc2ccccc2)C(OCc2ccccc2)C1OC1OC(C)C(OCc2ccccc2)C(OCc2ccccc2)C1OC1OC(COC(C)=O)C(OC(C)=O)C(OC(C)=O)C1OC(C)=O. The fourth-order valence-corrected chi connectivity index (χ4v) is 9.05. The summed E-state index contributed by atoms with van der Waals surface area (Å²) < 4.78 is 89.9. The van der Waals surface area contributed by atoms with Gasteiger partial charge in [0.2, 0.25) is 0 Å². The van der Waals surface area contributed by atoms with Gasteiger partial charge in [0.15, 0.2) is 37.2 Å². The second kappa shape index (κ2) is 27.1. The average molecular weight is 1020 g/mol. The van der Waals surface area contributed by atoms with E-state index in [1.54, 1.807) is 0 Å². The summed E-state index contributed by atoms with van der Waals surface area (Å²) in [5.41, 5.74) is 3.49. The normalized spacial score (nSPS) is 30.2. The molecule has 394 valence electrons. The molecule has 3 heterocycles. The third kappa shape index (κ3) is 15.5. The van der Waals surface area contributed by atoms with Gasteiger partial charge in [0.1, 0.15) is 49.3 Å². The summed E-state index contributed by atoms with van der Waals surface area (Å²) >= 11 is 0. The molecule has 0 N–H and O–H groups in total. The molecule has 15 unspecified atom stereocenters. The van der Waals surface area contributed by atoms with Gasteiger partial charge in [0.05, 0.1) is 38.6 Å². The van der Waals surface area contributed by atoms with Gasteiger partial charge < -0.3 is 66.3 Å². The first-order valence-electron chi connectivity index (χ1n) is 24.3. The van der Waals surface area contributed by atoms with Crippen molar-refractivity contribution in [2.45, 2.75) is 160 Å². The Bertz CT molecular complexity index is 2320. The lowest BCUT2D eigenvalue weighted by molar-refractivity contribution is -0.397. The molecule has 3 aliphatic heterocycles. The molecule has 73 heavy (non-hydrogen) atoms. The Morgan fingerprint density at radius 1 is 0.397 bits per heavy atom. The summed E-state index contributed by atoms with van der Waals surface area (Å²) in [6.45, 7) is 8.36. The minimum Gasteiger partial charge on any atom is -0.463 e. The molecule has 7 rings (SSSR count). The molecular weight excluding hydrogens is 949 g/mol. The third-order valence-corrected chi connectivity index (χ3v) is 12.4.